The van der Waals surface area contributed by atoms with Gasteiger partial charge in [-0.25, -0.2) is 4.67 Å². The molecule has 1 spiro atoms. The molecule has 2 N–H and O–H groups in total. The summed E-state index contributed by atoms with van der Waals surface area (Å²) in [6.45, 7) is 8.82. The Hall–Kier alpha value is -1.79. The quantitative estimate of drug-likeness (QED) is 0.435. The Bertz CT molecular complexity index is 912. The molecule has 0 radical (unpaired) electrons. The van der Waals surface area contributed by atoms with Gasteiger partial charge in [0.15, 0.2) is 5.11 Å². The topological polar surface area (TPSA) is 45.8 Å². The minimum Gasteiger partial charge on any atom is -0.422 e. The molecule has 0 aromatic heterocycles. The molecular weight excluding hydrogens is 445 g/mol. The van der Waals surface area contributed by atoms with Crippen molar-refractivity contribution >= 4 is 43.1 Å². The van der Waals surface area contributed by atoms with Gasteiger partial charge in [-0.3, -0.25) is 0 Å². The van der Waals surface area contributed by atoms with E-state index in [1.807, 2.05) is 65.3 Å². The van der Waals surface area contributed by atoms with Gasteiger partial charge in [0.05, 0.1) is 5.54 Å². The first-order valence-corrected chi connectivity index (χ1v) is 12.3. The van der Waals surface area contributed by atoms with E-state index in [4.69, 9.17) is 33.5 Å². The number of hydrogen-bond acceptors (Lipinski definition) is 5. The fraction of sp³-hybridized carbons (Fsp3) is 0.391. The molecule has 2 aromatic carbocycles. The molecule has 0 unspecified atom stereocenters. The summed E-state index contributed by atoms with van der Waals surface area (Å²) in [5, 5.41) is 7.84. The van der Waals surface area contributed by atoms with E-state index in [-0.39, 0.29) is 11.1 Å². The van der Waals surface area contributed by atoms with E-state index in [1.54, 1.807) is 0 Å². The van der Waals surface area contributed by atoms with E-state index in [9.17, 15) is 0 Å². The zero-order chi connectivity index (χ0) is 22.3. The molecule has 2 aliphatic rings. The molecule has 0 saturated carbocycles. The van der Waals surface area contributed by atoms with Crippen molar-refractivity contribution < 1.29 is 9.05 Å². The largest absolute Gasteiger partial charge is 0.424 e. The van der Waals surface area contributed by atoms with Gasteiger partial charge in [0.1, 0.15) is 16.5 Å². The maximum Gasteiger partial charge on any atom is 0.424 e. The number of para-hydroxylation sites is 2. The third-order valence-corrected chi connectivity index (χ3v) is 7.91. The predicted molar refractivity (Wildman–Crippen MR) is 134 cm³/mol. The zero-order valence-corrected chi connectivity index (χ0v) is 20.7. The van der Waals surface area contributed by atoms with Crippen LogP contribution in [0.25, 0.3) is 0 Å². The van der Waals surface area contributed by atoms with Crippen LogP contribution in [-0.4, -0.2) is 31.4 Å². The SMILES string of the molecule is CC1(C)CC2(CC(C)(C)N1)NC(=S)N(P(Oc1ccccc1)Oc1ccccc1)C2=S. The minimum absolute atomic E-state index is 0.103. The number of nitrogens with one attached hydrogen (secondary N) is 2. The molecule has 4 rings (SSSR count). The number of hydrogen-bond donors (Lipinski definition) is 2. The highest BCUT2D eigenvalue weighted by molar-refractivity contribution is 7.83. The Morgan fingerprint density at radius 1 is 0.806 bits per heavy atom. The lowest BCUT2D eigenvalue weighted by atomic mass is 9.71. The monoisotopic (exact) mass is 473 g/mol. The predicted octanol–water partition coefficient (Wildman–Crippen LogP) is 5.57. The number of rotatable bonds is 5. The number of piperidine rings is 1. The first-order valence-electron chi connectivity index (χ1n) is 10.3. The average molecular weight is 474 g/mol. The molecule has 2 aromatic rings. The van der Waals surface area contributed by atoms with Crippen LogP contribution in [0, 0.1) is 0 Å². The van der Waals surface area contributed by atoms with Gasteiger partial charge in [-0.05, 0) is 77.0 Å². The standard InChI is InChI=1S/C23H28N3O2PS2/c1-21(2)15-23(16-22(3,4)25-21)19(30)26(20(31)24-23)29(27-17-11-7-5-8-12-17)28-18-13-9-6-10-14-18/h5-14,25H,15-16H2,1-4H3,(H,24,31). The molecule has 5 nitrogen and oxygen atoms in total. The summed E-state index contributed by atoms with van der Waals surface area (Å²) in [5.41, 5.74) is -0.632. The minimum atomic E-state index is -1.64. The van der Waals surface area contributed by atoms with Crippen LogP contribution < -0.4 is 19.7 Å². The van der Waals surface area contributed by atoms with Gasteiger partial charge in [0.25, 0.3) is 0 Å². The van der Waals surface area contributed by atoms with Crippen LogP contribution in [0.15, 0.2) is 60.7 Å². The van der Waals surface area contributed by atoms with Gasteiger partial charge >= 0.3 is 8.53 Å². The van der Waals surface area contributed by atoms with E-state index in [0.29, 0.717) is 16.6 Å². The molecule has 0 aliphatic carbocycles. The van der Waals surface area contributed by atoms with Crippen molar-refractivity contribution in [2.75, 3.05) is 0 Å². The summed E-state index contributed by atoms with van der Waals surface area (Å²) in [6, 6.07) is 19.3. The van der Waals surface area contributed by atoms with Gasteiger partial charge in [0.2, 0.25) is 0 Å². The van der Waals surface area contributed by atoms with E-state index in [1.165, 1.54) is 0 Å². The molecule has 31 heavy (non-hydrogen) atoms. The lowest BCUT2D eigenvalue weighted by molar-refractivity contribution is 0.132. The van der Waals surface area contributed by atoms with Crippen LogP contribution >= 0.6 is 33.0 Å². The summed E-state index contributed by atoms with van der Waals surface area (Å²) in [4.78, 5) is 0.734. The van der Waals surface area contributed by atoms with Crippen molar-refractivity contribution in [3.8, 4) is 11.5 Å². The smallest absolute Gasteiger partial charge is 0.422 e. The number of benzene rings is 2. The van der Waals surface area contributed by atoms with Crippen molar-refractivity contribution in [3.05, 3.63) is 60.7 Å². The summed E-state index contributed by atoms with van der Waals surface area (Å²) in [7, 11) is -1.64. The molecular formula is C23H28N3O2PS2. The summed E-state index contributed by atoms with van der Waals surface area (Å²) in [6.07, 6.45) is 1.64. The van der Waals surface area contributed by atoms with E-state index < -0.39 is 14.1 Å². The Morgan fingerprint density at radius 2 is 1.26 bits per heavy atom. The third-order valence-electron chi connectivity index (χ3n) is 5.32. The van der Waals surface area contributed by atoms with Crippen LogP contribution in [0.1, 0.15) is 40.5 Å². The van der Waals surface area contributed by atoms with E-state index >= 15 is 0 Å². The summed E-state index contributed by atoms with van der Waals surface area (Å²) < 4.78 is 14.5. The molecule has 0 bridgehead atoms. The summed E-state index contributed by atoms with van der Waals surface area (Å²) >= 11 is 11.9. The van der Waals surface area contributed by atoms with Crippen molar-refractivity contribution in [2.24, 2.45) is 0 Å². The highest BCUT2D eigenvalue weighted by Gasteiger charge is 2.57. The highest BCUT2D eigenvalue weighted by Crippen LogP contribution is 2.50. The van der Waals surface area contributed by atoms with Gasteiger partial charge in [-0.1, -0.05) is 48.6 Å². The van der Waals surface area contributed by atoms with Crippen LogP contribution in [0.5, 0.6) is 11.5 Å². The Morgan fingerprint density at radius 3 is 1.71 bits per heavy atom. The van der Waals surface area contributed by atoms with Crippen molar-refractivity contribution in [1.82, 2.24) is 15.3 Å². The number of nitrogens with zero attached hydrogens (tertiary/aromatic N) is 1. The van der Waals surface area contributed by atoms with Crippen molar-refractivity contribution in [2.45, 2.75) is 57.2 Å². The lowest BCUT2D eigenvalue weighted by Crippen LogP contribution is -2.68. The molecule has 2 saturated heterocycles. The maximum absolute atomic E-state index is 6.32. The molecule has 0 atom stereocenters. The number of thiocarbonyl (C=S) groups is 2. The molecule has 2 fully saturated rings. The van der Waals surface area contributed by atoms with Gasteiger partial charge in [0, 0.05) is 11.1 Å². The van der Waals surface area contributed by atoms with E-state index in [2.05, 4.69) is 38.3 Å². The second kappa shape index (κ2) is 8.28. The normalized spacial score (nSPS) is 21.3. The Kier molecular flexibility index (Phi) is 5.99. The average Bonchev–Trinajstić information content (AvgIpc) is 2.89. The first kappa shape index (κ1) is 22.4. The van der Waals surface area contributed by atoms with Crippen LogP contribution in [-0.2, 0) is 0 Å². The van der Waals surface area contributed by atoms with Gasteiger partial charge in [-0.2, -0.15) is 0 Å². The maximum atomic E-state index is 6.32. The molecule has 2 aliphatic heterocycles. The fourth-order valence-electron chi connectivity index (χ4n) is 4.81. The third kappa shape index (κ3) is 4.85. The Labute approximate surface area is 196 Å². The second-order valence-electron chi connectivity index (χ2n) is 9.42. The summed E-state index contributed by atoms with van der Waals surface area (Å²) in [5.74, 6) is 1.42. The van der Waals surface area contributed by atoms with Crippen molar-refractivity contribution in [3.63, 3.8) is 0 Å². The fourth-order valence-corrected chi connectivity index (χ4v) is 7.19. The Balaban J connectivity index is 1.67. The highest BCUT2D eigenvalue weighted by atomic mass is 32.1. The molecule has 8 heteroatoms. The second-order valence-corrected chi connectivity index (χ2v) is 11.4. The van der Waals surface area contributed by atoms with E-state index in [0.717, 1.165) is 17.8 Å². The van der Waals surface area contributed by atoms with Gasteiger partial charge in [-0.15, -0.1) is 0 Å². The lowest BCUT2D eigenvalue weighted by Gasteiger charge is -2.51. The molecule has 164 valence electrons. The molecule has 0 amide bonds. The van der Waals surface area contributed by atoms with Crippen LogP contribution in [0.4, 0.5) is 0 Å². The van der Waals surface area contributed by atoms with Crippen LogP contribution in [0.2, 0.25) is 0 Å². The zero-order valence-electron chi connectivity index (χ0n) is 18.2. The first-order chi connectivity index (χ1) is 14.6. The van der Waals surface area contributed by atoms with Crippen LogP contribution in [0.3, 0.4) is 0 Å². The molecule has 2 heterocycles. The van der Waals surface area contributed by atoms with Crippen molar-refractivity contribution in [1.29, 1.82) is 0 Å². The van der Waals surface area contributed by atoms with Gasteiger partial charge < -0.3 is 19.7 Å².